The Kier molecular flexibility index (Phi) is 8.19. The molecule has 0 saturated carbocycles. The molecule has 0 aliphatic carbocycles. The van der Waals surface area contributed by atoms with Crippen LogP contribution >= 0.6 is 0 Å². The van der Waals surface area contributed by atoms with Gasteiger partial charge in [0.1, 0.15) is 11.2 Å². The van der Waals surface area contributed by atoms with E-state index >= 15 is 0 Å². The van der Waals surface area contributed by atoms with Crippen LogP contribution in [0.25, 0.3) is 88.0 Å². The molecule has 10 aromatic carbocycles. The van der Waals surface area contributed by atoms with Crippen LogP contribution in [0.3, 0.4) is 0 Å². The van der Waals surface area contributed by atoms with Gasteiger partial charge in [-0.25, -0.2) is 0 Å². The van der Waals surface area contributed by atoms with Crippen molar-refractivity contribution in [1.82, 2.24) is 0 Å². The van der Waals surface area contributed by atoms with E-state index < -0.39 is 0 Å². The summed E-state index contributed by atoms with van der Waals surface area (Å²) in [4.78, 5) is 2.52. The number of hydrogen-bond acceptors (Lipinski definition) is 2. The number of benzene rings is 10. The van der Waals surface area contributed by atoms with E-state index in [1.165, 1.54) is 32.7 Å². The summed E-state index contributed by atoms with van der Waals surface area (Å²) in [7, 11) is 0. The molecule has 1 heterocycles. The van der Waals surface area contributed by atoms with Crippen LogP contribution in [0.4, 0.5) is 17.1 Å². The fourth-order valence-electron chi connectivity index (χ4n) is 8.78. The van der Waals surface area contributed by atoms with Crippen LogP contribution in [-0.4, -0.2) is 0 Å². The summed E-state index contributed by atoms with van der Waals surface area (Å²) < 4.78 is 6.98. The monoisotopic (exact) mass is 739 g/mol. The van der Waals surface area contributed by atoms with Gasteiger partial charge < -0.3 is 9.32 Å². The van der Waals surface area contributed by atoms with Gasteiger partial charge >= 0.3 is 0 Å². The molecule has 11 rings (SSSR count). The van der Waals surface area contributed by atoms with Crippen LogP contribution < -0.4 is 4.90 Å². The number of furan rings is 1. The zero-order valence-corrected chi connectivity index (χ0v) is 31.7. The van der Waals surface area contributed by atoms with Crippen molar-refractivity contribution in [3.05, 3.63) is 224 Å². The quantitative estimate of drug-likeness (QED) is 0.151. The smallest absolute Gasteiger partial charge is 0.145 e. The van der Waals surface area contributed by atoms with Gasteiger partial charge in [0.2, 0.25) is 0 Å². The zero-order chi connectivity index (χ0) is 38.4. The number of fused-ring (bicyclic) bond motifs is 6. The third-order valence-electron chi connectivity index (χ3n) is 11.5. The van der Waals surface area contributed by atoms with Gasteiger partial charge in [0.25, 0.3) is 0 Å². The fraction of sp³-hybridized carbons (Fsp3) is 0. The first-order chi connectivity index (χ1) is 28.8. The zero-order valence-electron chi connectivity index (χ0n) is 31.7. The number of anilines is 3. The van der Waals surface area contributed by atoms with E-state index in [4.69, 9.17) is 4.42 Å². The first-order valence-electron chi connectivity index (χ1n) is 19.8. The maximum atomic E-state index is 6.98. The Balaban J connectivity index is 1.27. The van der Waals surface area contributed by atoms with E-state index in [2.05, 4.69) is 229 Å². The van der Waals surface area contributed by atoms with Crippen molar-refractivity contribution >= 4 is 60.5 Å². The summed E-state index contributed by atoms with van der Waals surface area (Å²) in [5, 5.41) is 6.94. The van der Waals surface area contributed by atoms with E-state index in [-0.39, 0.29) is 0 Å². The molecule has 0 bridgehead atoms. The standard InChI is InChI=1S/C56H37NO/c1-4-16-38(17-5-1)39-30-32-43(33-31-39)48-36-37-51(54-49-25-12-13-29-52(49)58-56(48)54)57(50-28-14-23-44-35-34-42-22-10-11-24-45(42)53(44)50)55-46(40-18-6-2-7-19-40)26-15-27-47(55)41-20-8-3-9-21-41/h1-37H. The summed E-state index contributed by atoms with van der Waals surface area (Å²) in [6, 6.07) is 80.7. The van der Waals surface area contributed by atoms with Gasteiger partial charge in [0.05, 0.1) is 22.4 Å². The highest BCUT2D eigenvalue weighted by atomic mass is 16.3. The van der Waals surface area contributed by atoms with Crippen molar-refractivity contribution in [2.45, 2.75) is 0 Å². The fourth-order valence-corrected chi connectivity index (χ4v) is 8.78. The highest BCUT2D eigenvalue weighted by molar-refractivity contribution is 6.21. The Bertz CT molecular complexity index is 3200. The van der Waals surface area contributed by atoms with Crippen molar-refractivity contribution in [1.29, 1.82) is 0 Å². The Morgan fingerprint density at radius 3 is 1.50 bits per heavy atom. The summed E-state index contributed by atoms with van der Waals surface area (Å²) in [6.45, 7) is 0. The number of hydrogen-bond donors (Lipinski definition) is 0. The van der Waals surface area contributed by atoms with Gasteiger partial charge in [0, 0.05) is 27.5 Å². The summed E-state index contributed by atoms with van der Waals surface area (Å²) >= 11 is 0. The van der Waals surface area contributed by atoms with Crippen molar-refractivity contribution in [3.63, 3.8) is 0 Å². The predicted octanol–water partition coefficient (Wildman–Crippen LogP) is 16.0. The molecule has 272 valence electrons. The lowest BCUT2D eigenvalue weighted by Crippen LogP contribution is -2.14. The molecule has 58 heavy (non-hydrogen) atoms. The first kappa shape index (κ1) is 33.6. The van der Waals surface area contributed by atoms with Crippen LogP contribution in [0.15, 0.2) is 229 Å². The van der Waals surface area contributed by atoms with Gasteiger partial charge in [-0.2, -0.15) is 0 Å². The van der Waals surface area contributed by atoms with E-state index in [9.17, 15) is 0 Å². The molecule has 0 N–H and O–H groups in total. The Morgan fingerprint density at radius 1 is 0.293 bits per heavy atom. The van der Waals surface area contributed by atoms with E-state index in [0.717, 1.165) is 72.4 Å². The van der Waals surface area contributed by atoms with Crippen molar-refractivity contribution in [3.8, 4) is 44.5 Å². The molecular formula is C56H37NO. The van der Waals surface area contributed by atoms with Crippen molar-refractivity contribution < 1.29 is 4.42 Å². The normalized spacial score (nSPS) is 11.4. The second kappa shape index (κ2) is 14.1. The van der Waals surface area contributed by atoms with Gasteiger partial charge in [-0.05, 0) is 68.2 Å². The summed E-state index contributed by atoms with van der Waals surface area (Å²) in [6.07, 6.45) is 0. The SMILES string of the molecule is c1ccc(-c2ccc(-c3ccc(N(c4c(-c5ccccc5)cccc4-c4ccccc4)c4cccc5ccc6ccccc6c45)c4c3oc3ccccc34)cc2)cc1. The summed E-state index contributed by atoms with van der Waals surface area (Å²) in [5.41, 5.74) is 14.1. The lowest BCUT2D eigenvalue weighted by Gasteiger charge is -2.32. The molecule has 0 aliphatic rings. The number of rotatable bonds is 7. The molecular weight excluding hydrogens is 703 g/mol. The van der Waals surface area contributed by atoms with Crippen LogP contribution in [0.5, 0.6) is 0 Å². The minimum Gasteiger partial charge on any atom is -0.455 e. The average Bonchev–Trinajstić information content (AvgIpc) is 3.70. The van der Waals surface area contributed by atoms with Crippen LogP contribution in [-0.2, 0) is 0 Å². The van der Waals surface area contributed by atoms with E-state index in [0.29, 0.717) is 0 Å². The highest BCUT2D eigenvalue weighted by Crippen LogP contribution is 2.53. The molecule has 2 heteroatoms. The largest absolute Gasteiger partial charge is 0.455 e. The number of nitrogens with zero attached hydrogens (tertiary/aromatic N) is 1. The molecule has 0 aliphatic heterocycles. The molecule has 0 amide bonds. The Morgan fingerprint density at radius 2 is 0.793 bits per heavy atom. The van der Waals surface area contributed by atoms with Crippen LogP contribution in [0, 0.1) is 0 Å². The molecule has 11 aromatic rings. The molecule has 0 atom stereocenters. The molecule has 0 unspecified atom stereocenters. The van der Waals surface area contributed by atoms with Gasteiger partial charge in [-0.3, -0.25) is 0 Å². The predicted molar refractivity (Wildman–Crippen MR) is 245 cm³/mol. The Hall–Kier alpha value is -7.68. The lowest BCUT2D eigenvalue weighted by molar-refractivity contribution is 0.670. The van der Waals surface area contributed by atoms with Gasteiger partial charge in [-0.1, -0.05) is 200 Å². The summed E-state index contributed by atoms with van der Waals surface area (Å²) in [5.74, 6) is 0. The second-order valence-electron chi connectivity index (χ2n) is 14.8. The lowest BCUT2D eigenvalue weighted by atomic mass is 9.92. The number of para-hydroxylation sites is 2. The van der Waals surface area contributed by atoms with Crippen LogP contribution in [0.1, 0.15) is 0 Å². The third kappa shape index (κ3) is 5.66. The molecule has 0 fully saturated rings. The third-order valence-corrected chi connectivity index (χ3v) is 11.5. The van der Waals surface area contributed by atoms with E-state index in [1.54, 1.807) is 0 Å². The maximum Gasteiger partial charge on any atom is 0.145 e. The average molecular weight is 740 g/mol. The Labute approximate surface area is 337 Å². The van der Waals surface area contributed by atoms with Crippen molar-refractivity contribution in [2.24, 2.45) is 0 Å². The topological polar surface area (TPSA) is 16.4 Å². The molecule has 0 radical (unpaired) electrons. The molecule has 0 saturated heterocycles. The van der Waals surface area contributed by atoms with Gasteiger partial charge in [-0.15, -0.1) is 0 Å². The highest BCUT2D eigenvalue weighted by Gasteiger charge is 2.28. The van der Waals surface area contributed by atoms with Gasteiger partial charge in [0.15, 0.2) is 0 Å². The van der Waals surface area contributed by atoms with E-state index in [1.807, 2.05) is 0 Å². The first-order valence-corrected chi connectivity index (χ1v) is 19.8. The van der Waals surface area contributed by atoms with Crippen molar-refractivity contribution in [2.75, 3.05) is 4.90 Å². The molecule has 0 spiro atoms. The minimum atomic E-state index is 0.857. The molecule has 1 aromatic heterocycles. The minimum absolute atomic E-state index is 0.857. The second-order valence-corrected chi connectivity index (χ2v) is 14.8. The van der Waals surface area contributed by atoms with Crippen LogP contribution in [0.2, 0.25) is 0 Å². The maximum absolute atomic E-state index is 6.98. The molecule has 2 nitrogen and oxygen atoms in total.